The van der Waals surface area contributed by atoms with Crippen LogP contribution in [0.3, 0.4) is 0 Å². The van der Waals surface area contributed by atoms with E-state index in [4.69, 9.17) is 13.9 Å². The van der Waals surface area contributed by atoms with E-state index >= 15 is 0 Å². The summed E-state index contributed by atoms with van der Waals surface area (Å²) < 4.78 is 16.6. The summed E-state index contributed by atoms with van der Waals surface area (Å²) in [6, 6.07) is 11.1. The standard InChI is InChI=1S/C12H11BrO3/c1-14-9-2-4-10(5-3-9)15-8-11-6-7-12(13)16-11/h2-7H,8H2,1H3. The quantitative estimate of drug-likeness (QED) is 0.858. The molecule has 0 fully saturated rings. The molecule has 0 N–H and O–H groups in total. The second kappa shape index (κ2) is 5.07. The van der Waals surface area contributed by atoms with Crippen LogP contribution in [-0.4, -0.2) is 7.11 Å². The van der Waals surface area contributed by atoms with Crippen LogP contribution in [0.25, 0.3) is 0 Å². The SMILES string of the molecule is COc1ccc(OCc2ccc(Br)o2)cc1. The Bertz CT molecular complexity index is 448. The molecule has 3 nitrogen and oxygen atoms in total. The van der Waals surface area contributed by atoms with Gasteiger partial charge in [0.2, 0.25) is 0 Å². The summed E-state index contributed by atoms with van der Waals surface area (Å²) in [6.07, 6.45) is 0. The van der Waals surface area contributed by atoms with E-state index in [-0.39, 0.29) is 0 Å². The van der Waals surface area contributed by atoms with Gasteiger partial charge in [-0.05, 0) is 52.3 Å². The minimum absolute atomic E-state index is 0.415. The average Bonchev–Trinajstić information content (AvgIpc) is 2.73. The summed E-state index contributed by atoms with van der Waals surface area (Å²) in [6.45, 7) is 0.415. The number of benzene rings is 1. The van der Waals surface area contributed by atoms with Crippen LogP contribution in [0.4, 0.5) is 0 Å². The zero-order valence-electron chi connectivity index (χ0n) is 8.77. The van der Waals surface area contributed by atoms with Crippen LogP contribution in [0.15, 0.2) is 45.5 Å². The highest BCUT2D eigenvalue weighted by atomic mass is 79.9. The minimum atomic E-state index is 0.415. The van der Waals surface area contributed by atoms with Gasteiger partial charge in [0.15, 0.2) is 4.67 Å². The van der Waals surface area contributed by atoms with Gasteiger partial charge in [-0.2, -0.15) is 0 Å². The second-order valence-corrected chi connectivity index (χ2v) is 3.95. The number of halogens is 1. The van der Waals surface area contributed by atoms with Crippen molar-refractivity contribution in [1.29, 1.82) is 0 Å². The van der Waals surface area contributed by atoms with Gasteiger partial charge < -0.3 is 13.9 Å². The first kappa shape index (κ1) is 11.1. The molecule has 4 heteroatoms. The van der Waals surface area contributed by atoms with E-state index in [1.165, 1.54) is 0 Å². The smallest absolute Gasteiger partial charge is 0.169 e. The van der Waals surface area contributed by atoms with Crippen LogP contribution >= 0.6 is 15.9 Å². The lowest BCUT2D eigenvalue weighted by molar-refractivity contribution is 0.267. The number of ether oxygens (including phenoxy) is 2. The Kier molecular flexibility index (Phi) is 3.51. The number of furan rings is 1. The number of hydrogen-bond donors (Lipinski definition) is 0. The lowest BCUT2D eigenvalue weighted by Crippen LogP contribution is -1.93. The third-order valence-electron chi connectivity index (χ3n) is 2.07. The van der Waals surface area contributed by atoms with Crippen molar-refractivity contribution in [1.82, 2.24) is 0 Å². The van der Waals surface area contributed by atoms with Crippen LogP contribution in [0.1, 0.15) is 5.76 Å². The molecule has 84 valence electrons. The molecule has 1 aromatic carbocycles. The summed E-state index contributed by atoms with van der Waals surface area (Å²) in [5.74, 6) is 2.38. The molecule has 0 aliphatic heterocycles. The fourth-order valence-electron chi connectivity index (χ4n) is 1.26. The Morgan fingerprint density at radius 3 is 2.31 bits per heavy atom. The molecule has 0 atom stereocenters. The van der Waals surface area contributed by atoms with Crippen molar-refractivity contribution in [3.63, 3.8) is 0 Å². The van der Waals surface area contributed by atoms with Crippen molar-refractivity contribution >= 4 is 15.9 Å². The molecule has 1 aromatic heterocycles. The van der Waals surface area contributed by atoms with Crippen LogP contribution in [-0.2, 0) is 6.61 Å². The first-order valence-corrected chi connectivity index (χ1v) is 5.58. The average molecular weight is 283 g/mol. The molecule has 0 aliphatic carbocycles. The van der Waals surface area contributed by atoms with Crippen molar-refractivity contribution in [2.24, 2.45) is 0 Å². The molecule has 0 aliphatic rings. The zero-order valence-corrected chi connectivity index (χ0v) is 10.4. The predicted octanol–water partition coefficient (Wildman–Crippen LogP) is 3.63. The molecule has 0 spiro atoms. The molecule has 2 rings (SSSR count). The first-order chi connectivity index (χ1) is 7.78. The monoisotopic (exact) mass is 282 g/mol. The number of rotatable bonds is 4. The van der Waals surface area contributed by atoms with Crippen LogP contribution < -0.4 is 9.47 Å². The van der Waals surface area contributed by atoms with Gasteiger partial charge in [-0.15, -0.1) is 0 Å². The summed E-state index contributed by atoms with van der Waals surface area (Å²) in [4.78, 5) is 0. The van der Waals surface area contributed by atoms with Crippen LogP contribution in [0.5, 0.6) is 11.5 Å². The van der Waals surface area contributed by atoms with Gasteiger partial charge in [0, 0.05) is 0 Å². The third kappa shape index (κ3) is 2.79. The van der Waals surface area contributed by atoms with Gasteiger partial charge in [-0.25, -0.2) is 0 Å². The van der Waals surface area contributed by atoms with Gasteiger partial charge in [0.1, 0.15) is 23.9 Å². The molecule has 0 unspecified atom stereocenters. The van der Waals surface area contributed by atoms with E-state index in [0.29, 0.717) is 11.3 Å². The summed E-state index contributed by atoms with van der Waals surface area (Å²) >= 11 is 3.24. The van der Waals surface area contributed by atoms with E-state index in [1.807, 2.05) is 36.4 Å². The van der Waals surface area contributed by atoms with Gasteiger partial charge in [-0.3, -0.25) is 0 Å². The Labute approximate surface area is 102 Å². The highest BCUT2D eigenvalue weighted by Gasteiger charge is 2.00. The molecule has 0 radical (unpaired) electrons. The molecule has 1 heterocycles. The van der Waals surface area contributed by atoms with Crippen molar-refractivity contribution in [3.8, 4) is 11.5 Å². The maximum atomic E-state index is 5.53. The van der Waals surface area contributed by atoms with E-state index in [2.05, 4.69) is 15.9 Å². The van der Waals surface area contributed by atoms with Gasteiger partial charge in [0.25, 0.3) is 0 Å². The van der Waals surface area contributed by atoms with Gasteiger partial charge in [0.05, 0.1) is 7.11 Å². The van der Waals surface area contributed by atoms with Crippen LogP contribution in [0.2, 0.25) is 0 Å². The molecule has 0 saturated carbocycles. The molecule has 2 aromatic rings. The van der Waals surface area contributed by atoms with E-state index in [0.717, 1.165) is 17.3 Å². The van der Waals surface area contributed by atoms with Crippen molar-refractivity contribution in [3.05, 3.63) is 46.8 Å². The fourth-order valence-corrected chi connectivity index (χ4v) is 1.60. The molecule has 0 amide bonds. The largest absolute Gasteiger partial charge is 0.497 e. The normalized spacial score (nSPS) is 10.1. The molecular weight excluding hydrogens is 272 g/mol. The maximum Gasteiger partial charge on any atom is 0.169 e. The lowest BCUT2D eigenvalue weighted by Gasteiger charge is -2.05. The fraction of sp³-hybridized carbons (Fsp3) is 0.167. The lowest BCUT2D eigenvalue weighted by atomic mass is 10.3. The maximum absolute atomic E-state index is 5.53. The molecule has 0 saturated heterocycles. The Hall–Kier alpha value is -1.42. The van der Waals surface area contributed by atoms with E-state index in [9.17, 15) is 0 Å². The molecule has 16 heavy (non-hydrogen) atoms. The minimum Gasteiger partial charge on any atom is -0.497 e. The Morgan fingerprint density at radius 1 is 1.06 bits per heavy atom. The topological polar surface area (TPSA) is 31.6 Å². The first-order valence-electron chi connectivity index (χ1n) is 4.79. The molecule has 0 bridgehead atoms. The third-order valence-corrected chi connectivity index (χ3v) is 2.50. The number of hydrogen-bond acceptors (Lipinski definition) is 3. The van der Waals surface area contributed by atoms with Crippen molar-refractivity contribution in [2.75, 3.05) is 7.11 Å². The second-order valence-electron chi connectivity index (χ2n) is 3.17. The highest BCUT2D eigenvalue weighted by Crippen LogP contribution is 2.19. The van der Waals surface area contributed by atoms with Crippen LogP contribution in [0, 0.1) is 0 Å². The number of methoxy groups -OCH3 is 1. The van der Waals surface area contributed by atoms with Crippen molar-refractivity contribution in [2.45, 2.75) is 6.61 Å². The van der Waals surface area contributed by atoms with Gasteiger partial charge in [-0.1, -0.05) is 0 Å². The van der Waals surface area contributed by atoms with E-state index < -0.39 is 0 Å². The van der Waals surface area contributed by atoms with E-state index in [1.54, 1.807) is 7.11 Å². The highest BCUT2D eigenvalue weighted by molar-refractivity contribution is 9.10. The molecular formula is C12H11BrO3. The Morgan fingerprint density at radius 2 is 1.75 bits per heavy atom. The Balaban J connectivity index is 1.94. The van der Waals surface area contributed by atoms with Gasteiger partial charge >= 0.3 is 0 Å². The summed E-state index contributed by atoms with van der Waals surface area (Å²) in [7, 11) is 1.64. The zero-order chi connectivity index (χ0) is 11.4. The van der Waals surface area contributed by atoms with Crippen molar-refractivity contribution < 1.29 is 13.9 Å². The summed E-state index contributed by atoms with van der Waals surface area (Å²) in [5.41, 5.74) is 0. The summed E-state index contributed by atoms with van der Waals surface area (Å²) in [5, 5.41) is 0. The predicted molar refractivity (Wildman–Crippen MR) is 63.7 cm³/mol.